The van der Waals surface area contributed by atoms with Crippen LogP contribution in [0.3, 0.4) is 0 Å². The van der Waals surface area contributed by atoms with E-state index in [0.717, 1.165) is 30.0 Å². The predicted octanol–water partition coefficient (Wildman–Crippen LogP) is 6.49. The average molecular weight is 548 g/mol. The number of hydrogen-bond donors (Lipinski definition) is 1. The number of benzene rings is 2. The Morgan fingerprint density at radius 2 is 1.86 bits per heavy atom. The number of anilines is 2. The molecule has 0 radical (unpaired) electrons. The van der Waals surface area contributed by atoms with E-state index < -0.39 is 0 Å². The molecule has 7 nitrogen and oxygen atoms in total. The van der Waals surface area contributed by atoms with E-state index in [1.807, 2.05) is 35.2 Å². The highest BCUT2D eigenvalue weighted by Crippen LogP contribution is 2.32. The van der Waals surface area contributed by atoms with Gasteiger partial charge in [-0.3, -0.25) is 4.79 Å². The van der Waals surface area contributed by atoms with Crippen LogP contribution in [-0.4, -0.2) is 44.5 Å². The number of halogens is 2. The number of aromatic nitrogens is 4. The zero-order valence-corrected chi connectivity index (χ0v) is 22.6. The lowest BCUT2D eigenvalue weighted by Crippen LogP contribution is -2.21. The molecule has 0 atom stereocenters. The van der Waals surface area contributed by atoms with Gasteiger partial charge in [0.15, 0.2) is 16.1 Å². The quantitative estimate of drug-likeness (QED) is 0.242. The largest absolute Gasteiger partial charge is 0.372 e. The SMILES string of the molecule is CCN(CC)c1ccc(-c2nnc(SCC(=O)Nc3nc(-c4ccc(Cl)cc4Cl)cs3)n2C)cc1. The fourth-order valence-electron chi connectivity index (χ4n) is 3.54. The summed E-state index contributed by atoms with van der Waals surface area (Å²) in [7, 11) is 1.90. The third kappa shape index (κ3) is 5.98. The Balaban J connectivity index is 1.37. The molecule has 2 aromatic carbocycles. The molecule has 0 aliphatic rings. The summed E-state index contributed by atoms with van der Waals surface area (Å²) in [4.78, 5) is 19.3. The van der Waals surface area contributed by atoms with Gasteiger partial charge in [0.25, 0.3) is 0 Å². The predicted molar refractivity (Wildman–Crippen MR) is 147 cm³/mol. The standard InChI is InChI=1S/C24H24Cl2N6OS2/c1-4-32(5-2)17-9-6-15(7-10-17)22-29-30-24(31(22)3)35-14-21(33)28-23-27-20(13-34-23)18-11-8-16(25)12-19(18)26/h6-13H,4-5,14H2,1-3H3,(H,27,28,33). The van der Waals surface area contributed by atoms with Crippen LogP contribution < -0.4 is 10.2 Å². The number of thiazole rings is 1. The maximum absolute atomic E-state index is 12.5. The number of carbonyl (C=O) groups is 1. The molecule has 0 aliphatic heterocycles. The summed E-state index contributed by atoms with van der Waals surface area (Å²) in [5, 5.41) is 15.5. The minimum absolute atomic E-state index is 0.175. The minimum atomic E-state index is -0.175. The van der Waals surface area contributed by atoms with Crippen molar-refractivity contribution >= 4 is 63.0 Å². The zero-order valence-electron chi connectivity index (χ0n) is 19.5. The van der Waals surface area contributed by atoms with Crippen molar-refractivity contribution in [2.75, 3.05) is 29.1 Å². The second-order valence-corrected chi connectivity index (χ2v) is 10.2. The number of thioether (sulfide) groups is 1. The van der Waals surface area contributed by atoms with E-state index in [9.17, 15) is 4.79 Å². The highest BCUT2D eigenvalue weighted by atomic mass is 35.5. The van der Waals surface area contributed by atoms with Gasteiger partial charge in [0.2, 0.25) is 5.91 Å². The van der Waals surface area contributed by atoms with E-state index >= 15 is 0 Å². The van der Waals surface area contributed by atoms with Gasteiger partial charge in [-0.05, 0) is 56.3 Å². The van der Waals surface area contributed by atoms with Crippen molar-refractivity contribution in [3.05, 3.63) is 57.9 Å². The third-order valence-corrected chi connectivity index (χ3v) is 7.70. The summed E-state index contributed by atoms with van der Waals surface area (Å²) in [6.45, 7) is 6.20. The number of rotatable bonds is 9. The third-order valence-electron chi connectivity index (χ3n) is 5.38. The van der Waals surface area contributed by atoms with Crippen LogP contribution in [0.4, 0.5) is 10.8 Å². The number of hydrogen-bond acceptors (Lipinski definition) is 7. The van der Waals surface area contributed by atoms with Gasteiger partial charge in [0.1, 0.15) is 0 Å². The molecule has 0 unspecified atom stereocenters. The summed E-state index contributed by atoms with van der Waals surface area (Å²) in [6.07, 6.45) is 0. The normalized spacial score (nSPS) is 11.0. The first kappa shape index (κ1) is 25.5. The van der Waals surface area contributed by atoms with Crippen LogP contribution in [0.15, 0.2) is 53.0 Å². The summed E-state index contributed by atoms with van der Waals surface area (Å²) in [6, 6.07) is 13.5. The molecule has 0 saturated heterocycles. The van der Waals surface area contributed by atoms with Crippen molar-refractivity contribution in [3.8, 4) is 22.6 Å². The molecule has 1 N–H and O–H groups in total. The molecule has 1 amide bonds. The molecule has 182 valence electrons. The summed E-state index contributed by atoms with van der Waals surface area (Å²) < 4.78 is 1.90. The summed E-state index contributed by atoms with van der Waals surface area (Å²) >= 11 is 14.9. The van der Waals surface area contributed by atoms with Gasteiger partial charge < -0.3 is 14.8 Å². The van der Waals surface area contributed by atoms with E-state index in [1.54, 1.807) is 12.1 Å². The Bertz CT molecular complexity index is 1320. The fraction of sp³-hybridized carbons (Fsp3) is 0.250. The first-order valence-corrected chi connectivity index (χ1v) is 13.6. The minimum Gasteiger partial charge on any atom is -0.372 e. The van der Waals surface area contributed by atoms with Crippen molar-refractivity contribution in [2.45, 2.75) is 19.0 Å². The molecule has 0 saturated carbocycles. The number of nitrogens with zero attached hydrogens (tertiary/aromatic N) is 5. The highest BCUT2D eigenvalue weighted by Gasteiger charge is 2.15. The molecule has 0 fully saturated rings. The van der Waals surface area contributed by atoms with Crippen molar-refractivity contribution in [1.29, 1.82) is 0 Å². The maximum Gasteiger partial charge on any atom is 0.236 e. The molecule has 2 aromatic heterocycles. The van der Waals surface area contributed by atoms with Gasteiger partial charge in [-0.1, -0.05) is 35.0 Å². The lowest BCUT2D eigenvalue weighted by Gasteiger charge is -2.21. The van der Waals surface area contributed by atoms with E-state index in [1.165, 1.54) is 28.8 Å². The van der Waals surface area contributed by atoms with Crippen LogP contribution in [0.5, 0.6) is 0 Å². The van der Waals surface area contributed by atoms with Crippen molar-refractivity contribution < 1.29 is 4.79 Å². The molecule has 0 aliphatic carbocycles. The number of amides is 1. The number of nitrogens with one attached hydrogen (secondary N) is 1. The topological polar surface area (TPSA) is 75.9 Å². The second-order valence-electron chi connectivity index (χ2n) is 7.58. The van der Waals surface area contributed by atoms with E-state index in [-0.39, 0.29) is 11.7 Å². The molecule has 4 rings (SSSR count). The average Bonchev–Trinajstić information content (AvgIpc) is 3.45. The van der Waals surface area contributed by atoms with Gasteiger partial charge in [-0.25, -0.2) is 4.98 Å². The Labute approximate surface area is 222 Å². The fourth-order valence-corrected chi connectivity index (χ4v) is 5.48. The van der Waals surface area contributed by atoms with Crippen molar-refractivity contribution in [2.24, 2.45) is 7.05 Å². The molecule has 4 aromatic rings. The van der Waals surface area contributed by atoms with Gasteiger partial charge in [0.05, 0.1) is 16.5 Å². The van der Waals surface area contributed by atoms with Crippen LogP contribution in [0, 0.1) is 0 Å². The van der Waals surface area contributed by atoms with Gasteiger partial charge in [-0.2, -0.15) is 0 Å². The van der Waals surface area contributed by atoms with E-state index in [0.29, 0.717) is 26.0 Å². The summed E-state index contributed by atoms with van der Waals surface area (Å²) in [5.41, 5.74) is 3.60. The zero-order chi connectivity index (χ0) is 24.9. The van der Waals surface area contributed by atoms with Crippen LogP contribution in [-0.2, 0) is 11.8 Å². The molecule has 2 heterocycles. The first-order chi connectivity index (χ1) is 16.9. The van der Waals surface area contributed by atoms with Gasteiger partial charge in [0, 0.05) is 47.4 Å². The van der Waals surface area contributed by atoms with Crippen LogP contribution in [0.25, 0.3) is 22.6 Å². The monoisotopic (exact) mass is 546 g/mol. The Hall–Kier alpha value is -2.59. The molecule has 11 heteroatoms. The molecular formula is C24H24Cl2N6OS2. The van der Waals surface area contributed by atoms with Crippen LogP contribution >= 0.6 is 46.3 Å². The molecular weight excluding hydrogens is 523 g/mol. The smallest absolute Gasteiger partial charge is 0.236 e. The Morgan fingerprint density at radius 3 is 2.54 bits per heavy atom. The first-order valence-electron chi connectivity index (χ1n) is 11.0. The van der Waals surface area contributed by atoms with E-state index in [4.69, 9.17) is 23.2 Å². The lowest BCUT2D eigenvalue weighted by atomic mass is 10.2. The Morgan fingerprint density at radius 1 is 1.11 bits per heavy atom. The van der Waals surface area contributed by atoms with E-state index in [2.05, 4.69) is 51.4 Å². The highest BCUT2D eigenvalue weighted by molar-refractivity contribution is 7.99. The maximum atomic E-state index is 12.5. The van der Waals surface area contributed by atoms with Crippen LogP contribution in [0.2, 0.25) is 10.0 Å². The molecule has 0 spiro atoms. The number of carbonyl (C=O) groups excluding carboxylic acids is 1. The van der Waals surface area contributed by atoms with Crippen molar-refractivity contribution in [3.63, 3.8) is 0 Å². The second kappa shape index (κ2) is 11.4. The Kier molecular flexibility index (Phi) is 8.33. The van der Waals surface area contributed by atoms with Gasteiger partial charge >= 0.3 is 0 Å². The van der Waals surface area contributed by atoms with Gasteiger partial charge in [-0.15, -0.1) is 21.5 Å². The molecule has 35 heavy (non-hydrogen) atoms. The van der Waals surface area contributed by atoms with Crippen molar-refractivity contribution in [1.82, 2.24) is 19.7 Å². The van der Waals surface area contributed by atoms with Crippen LogP contribution in [0.1, 0.15) is 13.8 Å². The summed E-state index contributed by atoms with van der Waals surface area (Å²) in [5.74, 6) is 0.762. The molecule has 0 bridgehead atoms. The lowest BCUT2D eigenvalue weighted by molar-refractivity contribution is -0.113.